The maximum absolute atomic E-state index is 10.2. The number of rotatable bonds is 4. The summed E-state index contributed by atoms with van der Waals surface area (Å²) in [6, 6.07) is 1.18. The molecule has 2 nitrogen and oxygen atoms in total. The van der Waals surface area contributed by atoms with E-state index in [4.69, 9.17) is 0 Å². The predicted molar refractivity (Wildman–Crippen MR) is 72.1 cm³/mol. The van der Waals surface area contributed by atoms with Gasteiger partial charge in [0.25, 0.3) is 0 Å². The number of aliphatic hydroxyl groups excluding tert-OH is 1. The van der Waals surface area contributed by atoms with Crippen LogP contribution in [0.3, 0.4) is 0 Å². The molecule has 2 saturated carbocycles. The van der Waals surface area contributed by atoms with Crippen molar-refractivity contribution < 1.29 is 5.11 Å². The molecule has 2 aliphatic carbocycles. The molecular formula is C15H29NO. The van der Waals surface area contributed by atoms with Crippen LogP contribution in [0, 0.1) is 5.92 Å². The van der Waals surface area contributed by atoms with Crippen LogP contribution in [0.1, 0.15) is 64.7 Å². The van der Waals surface area contributed by atoms with Crippen LogP contribution >= 0.6 is 0 Å². The lowest BCUT2D eigenvalue weighted by molar-refractivity contribution is -0.00369. The molecule has 2 fully saturated rings. The number of likely N-dealkylation sites (N-methyl/N-ethyl adjacent to an activating group) is 1. The third-order valence-electron chi connectivity index (χ3n) is 5.01. The zero-order valence-electron chi connectivity index (χ0n) is 11.6. The molecule has 3 atom stereocenters. The summed E-state index contributed by atoms with van der Waals surface area (Å²) in [5, 5.41) is 10.2. The molecule has 0 aromatic rings. The van der Waals surface area contributed by atoms with E-state index >= 15 is 0 Å². The molecule has 17 heavy (non-hydrogen) atoms. The Balaban J connectivity index is 1.91. The van der Waals surface area contributed by atoms with Crippen molar-refractivity contribution in [1.29, 1.82) is 0 Å². The average molecular weight is 239 g/mol. The van der Waals surface area contributed by atoms with Crippen molar-refractivity contribution >= 4 is 0 Å². The van der Waals surface area contributed by atoms with Crippen LogP contribution in [-0.2, 0) is 0 Å². The van der Waals surface area contributed by atoms with Gasteiger partial charge in [-0.25, -0.2) is 0 Å². The summed E-state index contributed by atoms with van der Waals surface area (Å²) in [6.07, 6.45) is 11.5. The van der Waals surface area contributed by atoms with Crippen molar-refractivity contribution in [2.75, 3.05) is 7.05 Å². The number of aliphatic hydroxyl groups is 1. The van der Waals surface area contributed by atoms with Gasteiger partial charge in [0.05, 0.1) is 6.10 Å². The second-order valence-electron chi connectivity index (χ2n) is 6.21. The Morgan fingerprint density at radius 1 is 1.12 bits per heavy atom. The van der Waals surface area contributed by atoms with Gasteiger partial charge in [-0.1, -0.05) is 32.6 Å². The lowest BCUT2D eigenvalue weighted by Crippen LogP contribution is -2.49. The quantitative estimate of drug-likeness (QED) is 0.814. The zero-order chi connectivity index (χ0) is 12.3. The molecule has 0 amide bonds. The lowest BCUT2D eigenvalue weighted by Gasteiger charge is -2.41. The Hall–Kier alpha value is -0.0800. The van der Waals surface area contributed by atoms with Gasteiger partial charge in [-0.05, 0) is 45.1 Å². The van der Waals surface area contributed by atoms with E-state index in [1.807, 2.05) is 0 Å². The van der Waals surface area contributed by atoms with Gasteiger partial charge in [0.15, 0.2) is 0 Å². The van der Waals surface area contributed by atoms with Gasteiger partial charge in [-0.3, -0.25) is 4.90 Å². The third kappa shape index (κ3) is 3.23. The smallest absolute Gasteiger partial charge is 0.0695 e. The van der Waals surface area contributed by atoms with Crippen molar-refractivity contribution in [1.82, 2.24) is 4.90 Å². The molecule has 0 spiro atoms. The van der Waals surface area contributed by atoms with Gasteiger partial charge in [-0.2, -0.15) is 0 Å². The first-order valence-electron chi connectivity index (χ1n) is 7.62. The molecule has 0 radical (unpaired) electrons. The average Bonchev–Trinajstić information content (AvgIpc) is 2.85. The van der Waals surface area contributed by atoms with E-state index in [1.165, 1.54) is 51.4 Å². The maximum atomic E-state index is 10.2. The Bertz CT molecular complexity index is 225. The minimum atomic E-state index is -0.0753. The minimum absolute atomic E-state index is 0.0753. The highest BCUT2D eigenvalue weighted by Crippen LogP contribution is 2.34. The van der Waals surface area contributed by atoms with Crippen molar-refractivity contribution in [3.63, 3.8) is 0 Å². The fourth-order valence-corrected chi connectivity index (χ4v) is 3.91. The third-order valence-corrected chi connectivity index (χ3v) is 5.01. The Kier molecular flexibility index (Phi) is 4.87. The normalized spacial score (nSPS) is 35.6. The van der Waals surface area contributed by atoms with Gasteiger partial charge in [0, 0.05) is 12.1 Å². The lowest BCUT2D eigenvalue weighted by atomic mass is 9.80. The van der Waals surface area contributed by atoms with Crippen molar-refractivity contribution in [3.05, 3.63) is 0 Å². The molecule has 0 saturated heterocycles. The van der Waals surface area contributed by atoms with E-state index in [0.29, 0.717) is 6.04 Å². The maximum Gasteiger partial charge on any atom is 0.0695 e. The second kappa shape index (κ2) is 6.19. The molecule has 0 bridgehead atoms. The minimum Gasteiger partial charge on any atom is -0.391 e. The van der Waals surface area contributed by atoms with E-state index in [0.717, 1.165) is 18.4 Å². The van der Waals surface area contributed by atoms with Crippen LogP contribution in [0.5, 0.6) is 0 Å². The highest BCUT2D eigenvalue weighted by molar-refractivity contribution is 4.89. The van der Waals surface area contributed by atoms with Crippen molar-refractivity contribution in [2.45, 2.75) is 82.9 Å². The molecule has 3 unspecified atom stereocenters. The van der Waals surface area contributed by atoms with Gasteiger partial charge < -0.3 is 5.11 Å². The first kappa shape index (κ1) is 13.4. The molecule has 0 aromatic heterocycles. The Morgan fingerprint density at radius 3 is 2.47 bits per heavy atom. The largest absolute Gasteiger partial charge is 0.391 e. The van der Waals surface area contributed by atoms with Gasteiger partial charge in [0.1, 0.15) is 0 Å². The van der Waals surface area contributed by atoms with Gasteiger partial charge in [0.2, 0.25) is 0 Å². The van der Waals surface area contributed by atoms with E-state index in [-0.39, 0.29) is 6.10 Å². The fraction of sp³-hybridized carbons (Fsp3) is 1.00. The molecule has 0 aliphatic heterocycles. The van der Waals surface area contributed by atoms with E-state index < -0.39 is 0 Å². The van der Waals surface area contributed by atoms with E-state index in [9.17, 15) is 5.11 Å². The summed E-state index contributed by atoms with van der Waals surface area (Å²) < 4.78 is 0. The van der Waals surface area contributed by atoms with E-state index in [2.05, 4.69) is 18.9 Å². The van der Waals surface area contributed by atoms with Crippen molar-refractivity contribution in [2.24, 2.45) is 5.92 Å². The second-order valence-corrected chi connectivity index (χ2v) is 6.21. The summed E-state index contributed by atoms with van der Waals surface area (Å²) in [5.41, 5.74) is 0. The molecule has 2 aliphatic rings. The Morgan fingerprint density at radius 2 is 1.82 bits per heavy atom. The van der Waals surface area contributed by atoms with Crippen LogP contribution in [0.25, 0.3) is 0 Å². The van der Waals surface area contributed by atoms with Gasteiger partial charge in [-0.15, -0.1) is 0 Å². The summed E-state index contributed by atoms with van der Waals surface area (Å²) in [7, 11) is 2.25. The summed E-state index contributed by atoms with van der Waals surface area (Å²) in [4.78, 5) is 2.51. The van der Waals surface area contributed by atoms with Crippen molar-refractivity contribution in [3.8, 4) is 0 Å². The summed E-state index contributed by atoms with van der Waals surface area (Å²) in [5.74, 6) is 0.859. The fourth-order valence-electron chi connectivity index (χ4n) is 3.91. The highest BCUT2D eigenvalue weighted by Gasteiger charge is 2.34. The monoisotopic (exact) mass is 239 g/mol. The Labute approximate surface area is 106 Å². The topological polar surface area (TPSA) is 23.5 Å². The standard InChI is InChI=1S/C15H29NO/c1-3-6-12-9-10-15(17)14(11-12)16(2)13-7-4-5-8-13/h12-15,17H,3-11H2,1-2H3. The van der Waals surface area contributed by atoms with Crippen LogP contribution in [0.2, 0.25) is 0 Å². The molecular weight excluding hydrogens is 210 g/mol. The predicted octanol–water partition coefficient (Wildman–Crippen LogP) is 3.19. The molecule has 0 heterocycles. The highest BCUT2D eigenvalue weighted by atomic mass is 16.3. The SMILES string of the molecule is CCCC1CCC(O)C(N(C)C2CCCC2)C1. The molecule has 2 rings (SSSR count). The number of nitrogens with zero attached hydrogens (tertiary/aromatic N) is 1. The number of hydrogen-bond donors (Lipinski definition) is 1. The van der Waals surface area contributed by atoms with Crippen LogP contribution in [0.15, 0.2) is 0 Å². The first-order chi connectivity index (χ1) is 8.22. The molecule has 1 N–H and O–H groups in total. The van der Waals surface area contributed by atoms with Crippen LogP contribution in [-0.4, -0.2) is 35.2 Å². The molecule has 2 heteroatoms. The zero-order valence-corrected chi connectivity index (χ0v) is 11.6. The van der Waals surface area contributed by atoms with Crippen LogP contribution < -0.4 is 0 Å². The molecule has 0 aromatic carbocycles. The first-order valence-corrected chi connectivity index (χ1v) is 7.62. The van der Waals surface area contributed by atoms with Crippen LogP contribution in [0.4, 0.5) is 0 Å². The number of hydrogen-bond acceptors (Lipinski definition) is 2. The molecule has 100 valence electrons. The van der Waals surface area contributed by atoms with Gasteiger partial charge >= 0.3 is 0 Å². The summed E-state index contributed by atoms with van der Waals surface area (Å²) in [6.45, 7) is 2.28. The van der Waals surface area contributed by atoms with E-state index in [1.54, 1.807) is 0 Å². The summed E-state index contributed by atoms with van der Waals surface area (Å²) >= 11 is 0.